The van der Waals surface area contributed by atoms with Crippen molar-refractivity contribution in [2.45, 2.75) is 0 Å². The Bertz CT molecular complexity index is 136. The van der Waals surface area contributed by atoms with Crippen molar-refractivity contribution in [2.75, 3.05) is 13.6 Å². The van der Waals surface area contributed by atoms with Crippen LogP contribution in [0.15, 0.2) is 0 Å². The van der Waals surface area contributed by atoms with Gasteiger partial charge >= 0.3 is 6.03 Å². The first-order chi connectivity index (χ1) is 4.04. The highest BCUT2D eigenvalue weighted by Crippen LogP contribution is 1.76. The fraction of sp³-hybridized carbons (Fsp3) is 0.500. The van der Waals surface area contributed by atoms with Crippen molar-refractivity contribution in [3.8, 4) is 0 Å². The third kappa shape index (κ3) is 4.85. The second kappa shape index (κ2) is 4.57. The molecule has 3 amide bonds. The van der Waals surface area contributed by atoms with Crippen LogP contribution in [0.4, 0.5) is 4.79 Å². The number of rotatable bonds is 2. The molecular formula is C4H11N3O3. The van der Waals surface area contributed by atoms with Crippen molar-refractivity contribution in [1.82, 2.24) is 4.90 Å². The second-order valence-electron chi connectivity index (χ2n) is 1.66. The number of hydrogen-bond donors (Lipinski definition) is 2. The Morgan fingerprint density at radius 3 is 1.90 bits per heavy atom. The summed E-state index contributed by atoms with van der Waals surface area (Å²) in [5.74, 6) is -0.573. The number of carbonyl (C=O) groups excluding carboxylic acids is 2. The molecule has 0 aliphatic heterocycles. The van der Waals surface area contributed by atoms with Crippen LogP contribution < -0.4 is 11.5 Å². The Hall–Kier alpha value is -1.30. The van der Waals surface area contributed by atoms with Crippen molar-refractivity contribution in [2.24, 2.45) is 11.5 Å². The molecular weight excluding hydrogens is 138 g/mol. The first-order valence-electron chi connectivity index (χ1n) is 2.33. The zero-order chi connectivity index (χ0) is 7.44. The topological polar surface area (TPSA) is 121 Å². The van der Waals surface area contributed by atoms with Gasteiger partial charge in [0, 0.05) is 7.05 Å². The number of nitrogens with zero attached hydrogens (tertiary/aromatic N) is 1. The van der Waals surface area contributed by atoms with Gasteiger partial charge in [-0.2, -0.15) is 0 Å². The van der Waals surface area contributed by atoms with Crippen molar-refractivity contribution in [3.05, 3.63) is 0 Å². The zero-order valence-electron chi connectivity index (χ0n) is 5.63. The molecule has 0 saturated carbocycles. The van der Waals surface area contributed by atoms with Crippen molar-refractivity contribution in [1.29, 1.82) is 0 Å². The number of carbonyl (C=O) groups is 2. The summed E-state index contributed by atoms with van der Waals surface area (Å²) in [6, 6.07) is -0.659. The molecule has 0 rings (SSSR count). The minimum Gasteiger partial charge on any atom is -0.412 e. The number of likely N-dealkylation sites (N-methyl/N-ethyl adjacent to an activating group) is 1. The first kappa shape index (κ1) is 11.5. The molecule has 0 aromatic heterocycles. The number of nitrogens with two attached hydrogens (primary N) is 2. The number of amides is 3. The predicted octanol–water partition coefficient (Wildman–Crippen LogP) is -2.34. The summed E-state index contributed by atoms with van der Waals surface area (Å²) >= 11 is 0. The molecule has 0 aliphatic rings. The average molecular weight is 149 g/mol. The first-order valence-corrected chi connectivity index (χ1v) is 2.33. The standard InChI is InChI=1S/C4H9N3O2.H2O/c1-7(4(6)9)2-3(5)8;/h2H2,1H3,(H2,5,8)(H2,6,9);1H2. The Morgan fingerprint density at radius 1 is 1.40 bits per heavy atom. The molecule has 6 nitrogen and oxygen atoms in total. The summed E-state index contributed by atoms with van der Waals surface area (Å²) in [7, 11) is 1.40. The Balaban J connectivity index is 0. The van der Waals surface area contributed by atoms with Crippen LogP contribution in [0.25, 0.3) is 0 Å². The van der Waals surface area contributed by atoms with Gasteiger partial charge in [0.1, 0.15) is 6.54 Å². The van der Waals surface area contributed by atoms with Gasteiger partial charge in [0.15, 0.2) is 0 Å². The third-order valence-corrected chi connectivity index (χ3v) is 0.769. The maximum absolute atomic E-state index is 10.2. The van der Waals surface area contributed by atoms with E-state index in [0.29, 0.717) is 0 Å². The van der Waals surface area contributed by atoms with Crippen LogP contribution in [-0.4, -0.2) is 35.9 Å². The SMILES string of the molecule is CN(CC(N)=O)C(N)=O.O. The number of primary amides is 2. The van der Waals surface area contributed by atoms with Gasteiger partial charge < -0.3 is 21.8 Å². The molecule has 60 valence electrons. The van der Waals surface area contributed by atoms with E-state index in [0.717, 1.165) is 4.90 Å². The molecule has 0 saturated heterocycles. The molecule has 0 atom stereocenters. The molecule has 0 aliphatic carbocycles. The molecule has 0 aromatic carbocycles. The van der Waals surface area contributed by atoms with Gasteiger partial charge in [-0.25, -0.2) is 4.79 Å². The molecule has 0 fully saturated rings. The van der Waals surface area contributed by atoms with Gasteiger partial charge in [-0.1, -0.05) is 0 Å². The molecule has 6 heteroatoms. The summed E-state index contributed by atoms with van der Waals surface area (Å²) in [5.41, 5.74) is 9.51. The van der Waals surface area contributed by atoms with Gasteiger partial charge in [0.2, 0.25) is 5.91 Å². The van der Waals surface area contributed by atoms with E-state index < -0.39 is 11.9 Å². The van der Waals surface area contributed by atoms with E-state index in [-0.39, 0.29) is 12.0 Å². The lowest BCUT2D eigenvalue weighted by atomic mass is 10.5. The van der Waals surface area contributed by atoms with E-state index in [1.54, 1.807) is 0 Å². The number of urea groups is 1. The molecule has 0 bridgehead atoms. The maximum atomic E-state index is 10.2. The van der Waals surface area contributed by atoms with Gasteiger partial charge in [-0.05, 0) is 0 Å². The van der Waals surface area contributed by atoms with E-state index in [2.05, 4.69) is 0 Å². The van der Waals surface area contributed by atoms with Crippen LogP contribution in [0.1, 0.15) is 0 Å². The summed E-state index contributed by atoms with van der Waals surface area (Å²) in [4.78, 5) is 21.3. The van der Waals surface area contributed by atoms with Crippen LogP contribution in [0, 0.1) is 0 Å². The summed E-state index contributed by atoms with van der Waals surface area (Å²) in [5, 5.41) is 0. The van der Waals surface area contributed by atoms with Crippen LogP contribution in [0.3, 0.4) is 0 Å². The largest absolute Gasteiger partial charge is 0.412 e. The van der Waals surface area contributed by atoms with E-state index in [1.165, 1.54) is 7.05 Å². The monoisotopic (exact) mass is 149 g/mol. The maximum Gasteiger partial charge on any atom is 0.314 e. The molecule has 0 radical (unpaired) electrons. The molecule has 6 N–H and O–H groups in total. The normalized spacial score (nSPS) is 7.70. The van der Waals surface area contributed by atoms with Gasteiger partial charge in [0.05, 0.1) is 0 Å². The lowest BCUT2D eigenvalue weighted by Gasteiger charge is -2.09. The lowest BCUT2D eigenvalue weighted by Crippen LogP contribution is -2.38. The van der Waals surface area contributed by atoms with Crippen molar-refractivity contribution in [3.63, 3.8) is 0 Å². The van der Waals surface area contributed by atoms with Gasteiger partial charge in [0.25, 0.3) is 0 Å². The zero-order valence-corrected chi connectivity index (χ0v) is 5.63. The summed E-state index contributed by atoms with van der Waals surface area (Å²) in [6.45, 7) is -0.130. The van der Waals surface area contributed by atoms with E-state index in [9.17, 15) is 9.59 Å². The smallest absolute Gasteiger partial charge is 0.314 e. The molecule has 0 aromatic rings. The average Bonchev–Trinajstić information content (AvgIpc) is 1.63. The molecule has 10 heavy (non-hydrogen) atoms. The highest BCUT2D eigenvalue weighted by Gasteiger charge is 2.04. The highest BCUT2D eigenvalue weighted by molar-refractivity contribution is 5.81. The lowest BCUT2D eigenvalue weighted by molar-refractivity contribution is -0.118. The summed E-state index contributed by atoms with van der Waals surface area (Å²) in [6.07, 6.45) is 0. The third-order valence-electron chi connectivity index (χ3n) is 0.769. The van der Waals surface area contributed by atoms with Gasteiger partial charge in [-0.3, -0.25) is 4.79 Å². The van der Waals surface area contributed by atoms with Crippen LogP contribution in [-0.2, 0) is 4.79 Å². The van der Waals surface area contributed by atoms with E-state index in [1.807, 2.05) is 0 Å². The fourth-order valence-corrected chi connectivity index (χ4v) is 0.312. The summed E-state index contributed by atoms with van der Waals surface area (Å²) < 4.78 is 0. The fourth-order valence-electron chi connectivity index (χ4n) is 0.312. The van der Waals surface area contributed by atoms with Crippen molar-refractivity contribution >= 4 is 11.9 Å². The predicted molar refractivity (Wildman–Crippen MR) is 35.0 cm³/mol. The minimum absolute atomic E-state index is 0. The number of hydrogen-bond acceptors (Lipinski definition) is 2. The van der Waals surface area contributed by atoms with Crippen LogP contribution in [0.5, 0.6) is 0 Å². The van der Waals surface area contributed by atoms with E-state index in [4.69, 9.17) is 11.5 Å². The Labute approximate surface area is 58.1 Å². The second-order valence-corrected chi connectivity index (χ2v) is 1.66. The molecule has 0 heterocycles. The van der Waals surface area contributed by atoms with Gasteiger partial charge in [-0.15, -0.1) is 0 Å². The van der Waals surface area contributed by atoms with E-state index >= 15 is 0 Å². The van der Waals surface area contributed by atoms with Crippen LogP contribution in [0.2, 0.25) is 0 Å². The quantitative estimate of drug-likeness (QED) is 0.457. The highest BCUT2D eigenvalue weighted by atomic mass is 16.2. The Morgan fingerprint density at radius 2 is 1.80 bits per heavy atom. The molecule has 0 unspecified atom stereocenters. The Kier molecular flexibility index (Phi) is 5.25. The van der Waals surface area contributed by atoms with Crippen LogP contribution >= 0.6 is 0 Å². The molecule has 0 spiro atoms. The minimum atomic E-state index is -0.659. The van der Waals surface area contributed by atoms with Crippen molar-refractivity contribution < 1.29 is 15.1 Å².